The SMILES string of the molecule is CC(=C=O)CC=O. The summed E-state index contributed by atoms with van der Waals surface area (Å²) in [5, 5.41) is 0. The molecule has 0 heterocycles. The standard InChI is InChI=1S/C5H6O2/c1-5(4-7)2-3-6/h3H,2H2,1H3. The molecule has 0 amide bonds. The summed E-state index contributed by atoms with van der Waals surface area (Å²) < 4.78 is 0. The molecule has 0 saturated carbocycles. The minimum atomic E-state index is 0.212. The highest BCUT2D eigenvalue weighted by atomic mass is 16.1. The Hall–Kier alpha value is -0.880. The zero-order valence-electron chi connectivity index (χ0n) is 4.10. The lowest BCUT2D eigenvalue weighted by molar-refractivity contribution is -0.107. The second-order valence-electron chi connectivity index (χ2n) is 1.25. The molecule has 0 rings (SSSR count). The highest BCUT2D eigenvalue weighted by Gasteiger charge is 1.82. The van der Waals surface area contributed by atoms with Gasteiger partial charge in [0.2, 0.25) is 0 Å². The summed E-state index contributed by atoms with van der Waals surface area (Å²) in [6.45, 7) is 1.57. The van der Waals surface area contributed by atoms with Crippen LogP contribution in [0.2, 0.25) is 0 Å². The molecule has 0 spiro atoms. The second kappa shape index (κ2) is 3.32. The van der Waals surface area contributed by atoms with Crippen molar-refractivity contribution in [2.75, 3.05) is 0 Å². The van der Waals surface area contributed by atoms with Crippen LogP contribution in [0, 0.1) is 0 Å². The summed E-state index contributed by atoms with van der Waals surface area (Å²) in [7, 11) is 0. The van der Waals surface area contributed by atoms with Crippen LogP contribution in [0.25, 0.3) is 0 Å². The molecule has 0 N–H and O–H groups in total. The van der Waals surface area contributed by atoms with Crippen LogP contribution >= 0.6 is 0 Å². The van der Waals surface area contributed by atoms with Crippen molar-refractivity contribution in [1.82, 2.24) is 0 Å². The van der Waals surface area contributed by atoms with Crippen LogP contribution in [0.3, 0.4) is 0 Å². The third-order valence-corrected chi connectivity index (χ3v) is 0.564. The Morgan fingerprint density at radius 1 is 1.86 bits per heavy atom. The number of hydrogen-bond donors (Lipinski definition) is 0. The Balaban J connectivity index is 3.58. The third-order valence-electron chi connectivity index (χ3n) is 0.564. The molecule has 0 unspecified atom stereocenters. The molecule has 0 aromatic rings. The molecule has 0 saturated heterocycles. The molecule has 38 valence electrons. The Labute approximate surface area is 41.8 Å². The number of aldehydes is 1. The molecule has 0 bridgehead atoms. The van der Waals surface area contributed by atoms with Crippen molar-refractivity contribution < 1.29 is 9.59 Å². The van der Waals surface area contributed by atoms with Gasteiger partial charge in [-0.15, -0.1) is 0 Å². The fourth-order valence-electron chi connectivity index (χ4n) is 0.167. The van der Waals surface area contributed by atoms with E-state index in [0.29, 0.717) is 11.9 Å². The van der Waals surface area contributed by atoms with Gasteiger partial charge in [-0.1, -0.05) is 0 Å². The molecule has 0 aromatic carbocycles. The second-order valence-corrected chi connectivity index (χ2v) is 1.25. The largest absolute Gasteiger partial charge is 0.303 e. The predicted molar refractivity (Wildman–Crippen MR) is 25.6 cm³/mol. The molecule has 0 aliphatic heterocycles. The Kier molecular flexibility index (Phi) is 2.90. The smallest absolute Gasteiger partial charge is 0.124 e. The van der Waals surface area contributed by atoms with Gasteiger partial charge in [0, 0.05) is 12.0 Å². The molecular formula is C5H6O2. The molecule has 0 atom stereocenters. The molecular weight excluding hydrogens is 92.1 g/mol. The van der Waals surface area contributed by atoms with Gasteiger partial charge in [-0.3, -0.25) is 0 Å². The molecule has 0 aliphatic carbocycles. The maximum atomic E-state index is 9.57. The van der Waals surface area contributed by atoms with E-state index in [1.54, 1.807) is 12.9 Å². The van der Waals surface area contributed by atoms with E-state index in [9.17, 15) is 9.59 Å². The minimum Gasteiger partial charge on any atom is -0.303 e. The van der Waals surface area contributed by atoms with Crippen LogP contribution < -0.4 is 0 Å². The highest BCUT2D eigenvalue weighted by molar-refractivity contribution is 5.63. The molecule has 7 heavy (non-hydrogen) atoms. The van der Waals surface area contributed by atoms with Gasteiger partial charge >= 0.3 is 0 Å². The Bertz CT molecular complexity index is 109. The van der Waals surface area contributed by atoms with Crippen LogP contribution in [0.4, 0.5) is 0 Å². The fraction of sp³-hybridized carbons (Fsp3) is 0.400. The monoisotopic (exact) mass is 98.0 g/mol. The summed E-state index contributed by atoms with van der Waals surface area (Å²) in [5.74, 6) is 1.60. The highest BCUT2D eigenvalue weighted by Crippen LogP contribution is 1.86. The van der Waals surface area contributed by atoms with Crippen LogP contribution in [0.5, 0.6) is 0 Å². The summed E-state index contributed by atoms with van der Waals surface area (Å²) in [6, 6.07) is 0. The lowest BCUT2D eigenvalue weighted by atomic mass is 10.3. The van der Waals surface area contributed by atoms with Gasteiger partial charge in [-0.05, 0) is 6.92 Å². The van der Waals surface area contributed by atoms with Crippen LogP contribution in [-0.2, 0) is 9.59 Å². The van der Waals surface area contributed by atoms with Gasteiger partial charge in [-0.25, -0.2) is 4.79 Å². The Morgan fingerprint density at radius 2 is 2.43 bits per heavy atom. The number of hydrogen-bond acceptors (Lipinski definition) is 2. The first-order valence-corrected chi connectivity index (χ1v) is 1.95. The zero-order chi connectivity index (χ0) is 5.70. The Morgan fingerprint density at radius 3 is 2.57 bits per heavy atom. The maximum Gasteiger partial charge on any atom is 0.124 e. The normalized spacial score (nSPS) is 7.00. The molecule has 2 nitrogen and oxygen atoms in total. The summed E-state index contributed by atoms with van der Waals surface area (Å²) in [5.41, 5.74) is 0.454. The van der Waals surface area contributed by atoms with Crippen molar-refractivity contribution in [3.63, 3.8) is 0 Å². The van der Waals surface area contributed by atoms with E-state index < -0.39 is 0 Å². The van der Waals surface area contributed by atoms with Crippen molar-refractivity contribution in [1.29, 1.82) is 0 Å². The number of carbonyl (C=O) groups excluding carboxylic acids is 2. The number of allylic oxidation sites excluding steroid dienone is 1. The average Bonchev–Trinajstić information content (AvgIpc) is 1.68. The first kappa shape index (κ1) is 6.12. The van der Waals surface area contributed by atoms with Gasteiger partial charge < -0.3 is 4.79 Å². The van der Waals surface area contributed by atoms with Gasteiger partial charge in [0.1, 0.15) is 12.2 Å². The summed E-state index contributed by atoms with van der Waals surface area (Å²) >= 11 is 0. The minimum absolute atomic E-state index is 0.212. The lowest BCUT2D eigenvalue weighted by Gasteiger charge is -1.76. The van der Waals surface area contributed by atoms with Gasteiger partial charge in [0.15, 0.2) is 0 Å². The van der Waals surface area contributed by atoms with E-state index in [-0.39, 0.29) is 6.42 Å². The fourth-order valence-corrected chi connectivity index (χ4v) is 0.167. The van der Waals surface area contributed by atoms with Crippen molar-refractivity contribution in [2.45, 2.75) is 13.3 Å². The van der Waals surface area contributed by atoms with E-state index in [1.165, 1.54) is 0 Å². The van der Waals surface area contributed by atoms with Crippen LogP contribution in [-0.4, -0.2) is 12.2 Å². The van der Waals surface area contributed by atoms with Crippen molar-refractivity contribution in [3.8, 4) is 0 Å². The van der Waals surface area contributed by atoms with Crippen molar-refractivity contribution in [3.05, 3.63) is 5.57 Å². The molecule has 0 aliphatic rings. The average molecular weight is 98.1 g/mol. The molecule has 0 aromatic heterocycles. The molecule has 0 radical (unpaired) electrons. The first-order chi connectivity index (χ1) is 3.31. The van der Waals surface area contributed by atoms with E-state index in [4.69, 9.17) is 0 Å². The maximum absolute atomic E-state index is 9.57. The van der Waals surface area contributed by atoms with E-state index in [2.05, 4.69) is 0 Å². The van der Waals surface area contributed by atoms with Gasteiger partial charge in [-0.2, -0.15) is 0 Å². The third kappa shape index (κ3) is 2.94. The van der Waals surface area contributed by atoms with E-state index in [1.807, 2.05) is 0 Å². The van der Waals surface area contributed by atoms with Crippen molar-refractivity contribution >= 4 is 12.2 Å². The van der Waals surface area contributed by atoms with Gasteiger partial charge in [0.25, 0.3) is 0 Å². The predicted octanol–water partition coefficient (Wildman–Crippen LogP) is 0.353. The quantitative estimate of drug-likeness (QED) is 0.369. The van der Waals surface area contributed by atoms with Crippen LogP contribution in [0.15, 0.2) is 5.57 Å². The summed E-state index contributed by atoms with van der Waals surface area (Å²) in [6.07, 6.45) is 0.893. The molecule has 2 heteroatoms. The van der Waals surface area contributed by atoms with Gasteiger partial charge in [0.05, 0.1) is 0 Å². The lowest BCUT2D eigenvalue weighted by Crippen LogP contribution is -1.76. The first-order valence-electron chi connectivity index (χ1n) is 1.95. The topological polar surface area (TPSA) is 34.1 Å². The molecule has 0 fully saturated rings. The zero-order valence-corrected chi connectivity index (χ0v) is 4.10. The van der Waals surface area contributed by atoms with Crippen molar-refractivity contribution in [2.24, 2.45) is 0 Å². The number of carbonyl (C=O) groups is 1. The number of rotatable bonds is 2. The summed E-state index contributed by atoms with van der Waals surface area (Å²) in [4.78, 5) is 19.1. The van der Waals surface area contributed by atoms with E-state index >= 15 is 0 Å². The van der Waals surface area contributed by atoms with Crippen LogP contribution in [0.1, 0.15) is 13.3 Å². The van der Waals surface area contributed by atoms with E-state index in [0.717, 1.165) is 0 Å².